The number of hydrogen-bond acceptors (Lipinski definition) is 3. The van der Waals surface area contributed by atoms with Gasteiger partial charge in [-0.1, -0.05) is 26.7 Å². The molecular formula is C13H21N3. The Bertz CT molecular complexity index is 317. The highest BCUT2D eigenvalue weighted by atomic mass is 14.9. The number of aromatic nitrogens is 2. The van der Waals surface area contributed by atoms with Gasteiger partial charge in [0.1, 0.15) is 6.33 Å². The molecule has 2 rings (SSSR count). The van der Waals surface area contributed by atoms with Crippen LogP contribution in [-0.2, 0) is 0 Å². The van der Waals surface area contributed by atoms with Crippen molar-refractivity contribution in [2.45, 2.75) is 45.6 Å². The highest BCUT2D eigenvalue weighted by molar-refractivity contribution is 5.14. The quantitative estimate of drug-likeness (QED) is 0.846. The van der Waals surface area contributed by atoms with Gasteiger partial charge in [-0.05, 0) is 24.8 Å². The average Bonchev–Trinajstić information content (AvgIpc) is 2.75. The Morgan fingerprint density at radius 2 is 1.94 bits per heavy atom. The SMILES string of the molecule is CCNC(c1cncnc1)C1(C)CCCC1. The maximum atomic E-state index is 4.14. The van der Waals surface area contributed by atoms with Crippen molar-refractivity contribution >= 4 is 0 Å². The molecule has 0 aliphatic heterocycles. The van der Waals surface area contributed by atoms with E-state index in [4.69, 9.17) is 0 Å². The van der Waals surface area contributed by atoms with Gasteiger partial charge in [-0.2, -0.15) is 0 Å². The summed E-state index contributed by atoms with van der Waals surface area (Å²) in [6.45, 7) is 5.55. The fourth-order valence-corrected chi connectivity index (χ4v) is 2.90. The van der Waals surface area contributed by atoms with Gasteiger partial charge in [0.2, 0.25) is 0 Å². The van der Waals surface area contributed by atoms with Crippen LogP contribution >= 0.6 is 0 Å². The summed E-state index contributed by atoms with van der Waals surface area (Å²) in [5.74, 6) is 0. The van der Waals surface area contributed by atoms with Crippen molar-refractivity contribution in [2.75, 3.05) is 6.54 Å². The minimum atomic E-state index is 0.376. The Kier molecular flexibility index (Phi) is 3.54. The van der Waals surface area contributed by atoms with Gasteiger partial charge >= 0.3 is 0 Å². The molecule has 1 heterocycles. The van der Waals surface area contributed by atoms with Gasteiger partial charge in [-0.3, -0.25) is 0 Å². The predicted octanol–water partition coefficient (Wildman–Crippen LogP) is 2.71. The van der Waals surface area contributed by atoms with Gasteiger partial charge in [-0.25, -0.2) is 9.97 Å². The summed E-state index contributed by atoms with van der Waals surface area (Å²) in [4.78, 5) is 8.28. The van der Waals surface area contributed by atoms with Crippen LogP contribution in [0.1, 0.15) is 51.1 Å². The molecule has 1 aromatic rings. The van der Waals surface area contributed by atoms with Crippen molar-refractivity contribution in [1.29, 1.82) is 0 Å². The van der Waals surface area contributed by atoms with Crippen LogP contribution in [-0.4, -0.2) is 16.5 Å². The molecule has 1 fully saturated rings. The Labute approximate surface area is 97.7 Å². The lowest BCUT2D eigenvalue weighted by atomic mass is 9.78. The summed E-state index contributed by atoms with van der Waals surface area (Å²) < 4.78 is 0. The van der Waals surface area contributed by atoms with E-state index in [1.165, 1.54) is 31.2 Å². The standard InChI is InChI=1S/C13H21N3/c1-3-16-12(11-8-14-10-15-9-11)13(2)6-4-5-7-13/h8-10,12,16H,3-7H2,1-2H3. The monoisotopic (exact) mass is 219 g/mol. The van der Waals surface area contributed by atoms with E-state index in [-0.39, 0.29) is 0 Å². The molecule has 1 aliphatic carbocycles. The molecule has 0 spiro atoms. The molecular weight excluding hydrogens is 198 g/mol. The topological polar surface area (TPSA) is 37.8 Å². The molecule has 1 unspecified atom stereocenters. The summed E-state index contributed by atoms with van der Waals surface area (Å²) in [6.07, 6.45) is 10.8. The molecule has 1 N–H and O–H groups in total. The largest absolute Gasteiger partial charge is 0.310 e. The molecule has 88 valence electrons. The average molecular weight is 219 g/mol. The van der Waals surface area contributed by atoms with Crippen LogP contribution in [0, 0.1) is 5.41 Å². The third kappa shape index (κ3) is 2.24. The summed E-state index contributed by atoms with van der Waals surface area (Å²) in [7, 11) is 0. The molecule has 0 bridgehead atoms. The van der Waals surface area contributed by atoms with Crippen molar-refractivity contribution < 1.29 is 0 Å². The zero-order valence-electron chi connectivity index (χ0n) is 10.2. The van der Waals surface area contributed by atoms with E-state index in [2.05, 4.69) is 29.1 Å². The van der Waals surface area contributed by atoms with Crippen LogP contribution in [0.2, 0.25) is 0 Å². The van der Waals surface area contributed by atoms with E-state index in [1.807, 2.05) is 12.4 Å². The second kappa shape index (κ2) is 4.91. The molecule has 3 heteroatoms. The van der Waals surface area contributed by atoms with E-state index in [1.54, 1.807) is 6.33 Å². The molecule has 1 aliphatic rings. The second-order valence-corrected chi connectivity index (χ2v) is 5.02. The highest BCUT2D eigenvalue weighted by Crippen LogP contribution is 2.46. The lowest BCUT2D eigenvalue weighted by molar-refractivity contribution is 0.225. The maximum absolute atomic E-state index is 4.14. The van der Waals surface area contributed by atoms with Gasteiger partial charge in [0.15, 0.2) is 0 Å². The number of nitrogens with one attached hydrogen (secondary N) is 1. The van der Waals surface area contributed by atoms with Crippen LogP contribution in [0.5, 0.6) is 0 Å². The molecule has 1 saturated carbocycles. The van der Waals surface area contributed by atoms with Crippen molar-refractivity contribution in [2.24, 2.45) is 5.41 Å². The van der Waals surface area contributed by atoms with E-state index >= 15 is 0 Å². The van der Waals surface area contributed by atoms with Gasteiger partial charge in [-0.15, -0.1) is 0 Å². The maximum Gasteiger partial charge on any atom is 0.115 e. The molecule has 1 atom stereocenters. The van der Waals surface area contributed by atoms with Crippen LogP contribution in [0.4, 0.5) is 0 Å². The zero-order valence-corrected chi connectivity index (χ0v) is 10.2. The number of hydrogen-bond donors (Lipinski definition) is 1. The first-order chi connectivity index (χ1) is 7.76. The minimum absolute atomic E-state index is 0.376. The van der Waals surface area contributed by atoms with Gasteiger partial charge in [0.05, 0.1) is 0 Å². The fourth-order valence-electron chi connectivity index (χ4n) is 2.90. The van der Waals surface area contributed by atoms with Crippen LogP contribution in [0.25, 0.3) is 0 Å². The van der Waals surface area contributed by atoms with E-state index in [0.717, 1.165) is 6.54 Å². The minimum Gasteiger partial charge on any atom is -0.310 e. The second-order valence-electron chi connectivity index (χ2n) is 5.02. The van der Waals surface area contributed by atoms with Crippen molar-refractivity contribution in [3.8, 4) is 0 Å². The molecule has 0 radical (unpaired) electrons. The Hall–Kier alpha value is -0.960. The molecule has 1 aromatic heterocycles. The molecule has 0 amide bonds. The fraction of sp³-hybridized carbons (Fsp3) is 0.692. The number of nitrogens with zero attached hydrogens (tertiary/aromatic N) is 2. The Balaban J connectivity index is 2.23. The third-order valence-corrected chi connectivity index (χ3v) is 3.76. The lowest BCUT2D eigenvalue weighted by Crippen LogP contribution is -2.34. The summed E-state index contributed by atoms with van der Waals surface area (Å²) in [6, 6.07) is 0.404. The number of rotatable bonds is 4. The van der Waals surface area contributed by atoms with Gasteiger partial charge < -0.3 is 5.32 Å². The molecule has 16 heavy (non-hydrogen) atoms. The normalized spacial score (nSPS) is 20.9. The Morgan fingerprint density at radius 1 is 1.31 bits per heavy atom. The van der Waals surface area contributed by atoms with E-state index in [0.29, 0.717) is 11.5 Å². The summed E-state index contributed by atoms with van der Waals surface area (Å²) in [5, 5.41) is 3.60. The Morgan fingerprint density at radius 3 is 2.50 bits per heavy atom. The smallest absolute Gasteiger partial charge is 0.115 e. The van der Waals surface area contributed by atoms with Crippen molar-refractivity contribution in [3.05, 3.63) is 24.3 Å². The lowest BCUT2D eigenvalue weighted by Gasteiger charge is -2.34. The van der Waals surface area contributed by atoms with Crippen molar-refractivity contribution in [1.82, 2.24) is 15.3 Å². The van der Waals surface area contributed by atoms with Gasteiger partial charge in [0.25, 0.3) is 0 Å². The molecule has 3 nitrogen and oxygen atoms in total. The van der Waals surface area contributed by atoms with Gasteiger partial charge in [0, 0.05) is 24.0 Å². The first-order valence-corrected chi connectivity index (χ1v) is 6.24. The molecule has 0 aromatic carbocycles. The zero-order chi connectivity index (χ0) is 11.4. The predicted molar refractivity (Wildman–Crippen MR) is 65.0 cm³/mol. The third-order valence-electron chi connectivity index (χ3n) is 3.76. The van der Waals surface area contributed by atoms with Crippen LogP contribution in [0.3, 0.4) is 0 Å². The molecule has 0 saturated heterocycles. The summed E-state index contributed by atoms with van der Waals surface area (Å²) >= 11 is 0. The van der Waals surface area contributed by atoms with E-state index < -0.39 is 0 Å². The first-order valence-electron chi connectivity index (χ1n) is 6.24. The summed E-state index contributed by atoms with van der Waals surface area (Å²) in [5.41, 5.74) is 1.61. The highest BCUT2D eigenvalue weighted by Gasteiger charge is 2.37. The van der Waals surface area contributed by atoms with Crippen LogP contribution in [0.15, 0.2) is 18.7 Å². The first kappa shape index (κ1) is 11.5. The van der Waals surface area contributed by atoms with Crippen molar-refractivity contribution in [3.63, 3.8) is 0 Å². The van der Waals surface area contributed by atoms with E-state index in [9.17, 15) is 0 Å². The van der Waals surface area contributed by atoms with Crippen LogP contribution < -0.4 is 5.32 Å².